The number of imidazole rings is 1. The molecule has 20 heavy (non-hydrogen) atoms. The van der Waals surface area contributed by atoms with Gasteiger partial charge in [0, 0.05) is 6.20 Å². The van der Waals surface area contributed by atoms with Gasteiger partial charge in [-0.25, -0.2) is 18.7 Å². The Labute approximate surface area is 110 Å². The summed E-state index contributed by atoms with van der Waals surface area (Å²) in [6, 6.07) is 2.37. The summed E-state index contributed by atoms with van der Waals surface area (Å²) in [5, 5.41) is 9.20. The van der Waals surface area contributed by atoms with Gasteiger partial charge in [-0.1, -0.05) is 0 Å². The molecular formula is C13H8F3N3O. The van der Waals surface area contributed by atoms with Crippen molar-refractivity contribution < 1.29 is 18.3 Å². The second kappa shape index (κ2) is 4.22. The van der Waals surface area contributed by atoms with Gasteiger partial charge < -0.3 is 10.1 Å². The molecule has 4 nitrogen and oxygen atoms in total. The minimum atomic E-state index is -1.63. The Bertz CT molecular complexity index is 829. The van der Waals surface area contributed by atoms with Gasteiger partial charge in [-0.2, -0.15) is 4.39 Å². The van der Waals surface area contributed by atoms with Gasteiger partial charge >= 0.3 is 0 Å². The number of aromatic nitrogens is 3. The van der Waals surface area contributed by atoms with Gasteiger partial charge in [-0.05, 0) is 24.6 Å². The number of aryl methyl sites for hydroxylation is 1. The topological polar surface area (TPSA) is 61.8 Å². The number of hydrogen-bond donors (Lipinski definition) is 2. The fourth-order valence-corrected chi connectivity index (χ4v) is 1.89. The molecule has 3 aromatic rings. The Morgan fingerprint density at radius 3 is 2.65 bits per heavy atom. The van der Waals surface area contributed by atoms with Crippen molar-refractivity contribution in [3.8, 4) is 17.1 Å². The summed E-state index contributed by atoms with van der Waals surface area (Å²) in [5.74, 6) is -5.67. The van der Waals surface area contributed by atoms with E-state index in [4.69, 9.17) is 0 Å². The van der Waals surface area contributed by atoms with Gasteiger partial charge in [-0.15, -0.1) is 0 Å². The standard InChI is InChI=1S/C13H8F3N3O/c1-5-2-8-13(17-4-5)19-12(18-8)6-3-7(14)10(16)11(20)9(6)15/h2-4,20H,1H3,(H,17,18,19). The zero-order chi connectivity index (χ0) is 14.4. The average Bonchev–Trinajstić information content (AvgIpc) is 2.83. The van der Waals surface area contributed by atoms with Crippen LogP contribution < -0.4 is 0 Å². The number of benzene rings is 1. The largest absolute Gasteiger partial charge is 0.503 e. The second-order valence-corrected chi connectivity index (χ2v) is 4.35. The number of fused-ring (bicyclic) bond motifs is 1. The van der Waals surface area contributed by atoms with Gasteiger partial charge in [0.15, 0.2) is 23.0 Å². The van der Waals surface area contributed by atoms with Crippen LogP contribution in [0.1, 0.15) is 5.56 Å². The van der Waals surface area contributed by atoms with Crippen molar-refractivity contribution >= 4 is 11.2 Å². The molecule has 0 bridgehead atoms. The molecule has 0 saturated carbocycles. The molecule has 2 aromatic heterocycles. The average molecular weight is 279 g/mol. The molecular weight excluding hydrogens is 271 g/mol. The van der Waals surface area contributed by atoms with Gasteiger partial charge in [0.2, 0.25) is 5.82 Å². The second-order valence-electron chi connectivity index (χ2n) is 4.35. The fourth-order valence-electron chi connectivity index (χ4n) is 1.89. The van der Waals surface area contributed by atoms with Crippen LogP contribution in [0.4, 0.5) is 13.2 Å². The van der Waals surface area contributed by atoms with Gasteiger partial charge in [0.25, 0.3) is 0 Å². The maximum Gasteiger partial charge on any atom is 0.203 e. The molecule has 1 aromatic carbocycles. The first kappa shape index (κ1) is 12.5. The van der Waals surface area contributed by atoms with E-state index in [1.807, 2.05) is 6.92 Å². The quantitative estimate of drug-likeness (QED) is 0.673. The van der Waals surface area contributed by atoms with E-state index in [2.05, 4.69) is 15.0 Å². The zero-order valence-electron chi connectivity index (χ0n) is 10.2. The first-order valence-corrected chi connectivity index (χ1v) is 5.66. The summed E-state index contributed by atoms with van der Waals surface area (Å²) in [5.41, 5.74) is 1.34. The van der Waals surface area contributed by atoms with Crippen molar-refractivity contribution in [1.82, 2.24) is 15.0 Å². The normalized spacial score (nSPS) is 11.2. The first-order valence-electron chi connectivity index (χ1n) is 5.66. The van der Waals surface area contributed by atoms with E-state index in [-0.39, 0.29) is 11.4 Å². The Hall–Kier alpha value is -2.57. The summed E-state index contributed by atoms with van der Waals surface area (Å²) >= 11 is 0. The highest BCUT2D eigenvalue weighted by Gasteiger charge is 2.21. The molecule has 3 rings (SSSR count). The molecule has 0 spiro atoms. The summed E-state index contributed by atoms with van der Waals surface area (Å²) in [4.78, 5) is 10.8. The molecule has 2 N–H and O–H groups in total. The summed E-state index contributed by atoms with van der Waals surface area (Å²) < 4.78 is 40.1. The molecule has 0 amide bonds. The Morgan fingerprint density at radius 2 is 1.90 bits per heavy atom. The first-order chi connectivity index (χ1) is 9.47. The molecule has 0 aliphatic carbocycles. The van der Waals surface area contributed by atoms with E-state index in [9.17, 15) is 18.3 Å². The SMILES string of the molecule is Cc1cnc2nc(-c3cc(F)c(F)c(O)c3F)[nH]c2c1. The lowest BCUT2D eigenvalue weighted by Crippen LogP contribution is -1.94. The Kier molecular flexibility index (Phi) is 2.63. The van der Waals surface area contributed by atoms with Crippen LogP contribution in [0, 0.1) is 24.4 Å². The molecule has 0 fully saturated rings. The van der Waals surface area contributed by atoms with Crippen molar-refractivity contribution in [2.45, 2.75) is 6.92 Å². The third-order valence-electron chi connectivity index (χ3n) is 2.86. The van der Waals surface area contributed by atoms with E-state index in [0.717, 1.165) is 5.56 Å². The number of aromatic hydroxyl groups is 1. The minimum absolute atomic E-state index is 0.0372. The predicted molar refractivity (Wildman–Crippen MR) is 65.6 cm³/mol. The van der Waals surface area contributed by atoms with E-state index >= 15 is 0 Å². The van der Waals surface area contributed by atoms with Crippen LogP contribution in [0.15, 0.2) is 18.3 Å². The van der Waals surface area contributed by atoms with E-state index < -0.39 is 23.2 Å². The van der Waals surface area contributed by atoms with Gasteiger partial charge in [0.05, 0.1) is 11.1 Å². The van der Waals surface area contributed by atoms with Crippen LogP contribution in [0.3, 0.4) is 0 Å². The number of aromatic amines is 1. The van der Waals surface area contributed by atoms with Crippen molar-refractivity contribution in [1.29, 1.82) is 0 Å². The number of rotatable bonds is 1. The monoisotopic (exact) mass is 279 g/mol. The molecule has 102 valence electrons. The van der Waals surface area contributed by atoms with Crippen molar-refractivity contribution in [3.63, 3.8) is 0 Å². The third-order valence-corrected chi connectivity index (χ3v) is 2.86. The number of pyridine rings is 1. The maximum absolute atomic E-state index is 13.8. The maximum atomic E-state index is 13.8. The van der Waals surface area contributed by atoms with E-state index in [1.165, 1.54) is 0 Å². The van der Waals surface area contributed by atoms with Crippen LogP contribution in [0.2, 0.25) is 0 Å². The highest BCUT2D eigenvalue weighted by molar-refractivity contribution is 5.76. The van der Waals surface area contributed by atoms with E-state index in [1.54, 1.807) is 12.3 Å². The lowest BCUT2D eigenvalue weighted by Gasteiger charge is -2.03. The van der Waals surface area contributed by atoms with Gasteiger partial charge in [-0.3, -0.25) is 0 Å². The summed E-state index contributed by atoms with van der Waals surface area (Å²) in [6.07, 6.45) is 1.58. The van der Waals surface area contributed by atoms with Crippen LogP contribution >= 0.6 is 0 Å². The number of phenolic OH excluding ortho intramolecular Hbond substituents is 1. The molecule has 0 radical (unpaired) electrons. The Morgan fingerprint density at radius 1 is 1.15 bits per heavy atom. The highest BCUT2D eigenvalue weighted by atomic mass is 19.2. The van der Waals surface area contributed by atoms with Gasteiger partial charge in [0.1, 0.15) is 5.82 Å². The fraction of sp³-hybridized carbons (Fsp3) is 0.0769. The molecule has 0 unspecified atom stereocenters. The third kappa shape index (κ3) is 1.78. The molecule has 7 heteroatoms. The number of H-pyrrole nitrogens is 1. The lowest BCUT2D eigenvalue weighted by atomic mass is 10.1. The van der Waals surface area contributed by atoms with Crippen LogP contribution in [-0.2, 0) is 0 Å². The number of halogens is 3. The molecule has 0 atom stereocenters. The van der Waals surface area contributed by atoms with Crippen molar-refractivity contribution in [2.75, 3.05) is 0 Å². The molecule has 0 aliphatic heterocycles. The number of phenols is 1. The number of nitrogens with one attached hydrogen (secondary N) is 1. The van der Waals surface area contributed by atoms with Crippen LogP contribution in [0.5, 0.6) is 5.75 Å². The molecule has 2 heterocycles. The Balaban J connectivity index is 2.25. The van der Waals surface area contributed by atoms with Crippen molar-refractivity contribution in [2.24, 2.45) is 0 Å². The number of hydrogen-bond acceptors (Lipinski definition) is 3. The lowest BCUT2D eigenvalue weighted by molar-refractivity contribution is 0.377. The zero-order valence-corrected chi connectivity index (χ0v) is 10.2. The highest BCUT2D eigenvalue weighted by Crippen LogP contribution is 2.31. The smallest absolute Gasteiger partial charge is 0.203 e. The van der Waals surface area contributed by atoms with E-state index in [0.29, 0.717) is 17.2 Å². The summed E-state index contributed by atoms with van der Waals surface area (Å²) in [6.45, 7) is 1.82. The van der Waals surface area contributed by atoms with Crippen LogP contribution in [0.25, 0.3) is 22.6 Å². The molecule has 0 aliphatic rings. The minimum Gasteiger partial charge on any atom is -0.503 e. The van der Waals surface area contributed by atoms with Crippen LogP contribution in [-0.4, -0.2) is 20.1 Å². The molecule has 0 saturated heterocycles. The summed E-state index contributed by atoms with van der Waals surface area (Å²) in [7, 11) is 0. The van der Waals surface area contributed by atoms with Crippen molar-refractivity contribution in [3.05, 3.63) is 41.3 Å². The predicted octanol–water partition coefficient (Wildman–Crippen LogP) is 3.06. The number of nitrogens with zero attached hydrogens (tertiary/aromatic N) is 2.